The first-order valence-electron chi connectivity index (χ1n) is 6.74. The molecule has 0 spiro atoms. The number of carbonyl (C=O) groups is 1. The molecule has 0 atom stereocenters. The van der Waals surface area contributed by atoms with Crippen LogP contribution in [0.5, 0.6) is 0 Å². The molecule has 25 heavy (non-hydrogen) atoms. The quantitative estimate of drug-likeness (QED) is 0.747. The molecule has 3 aromatic rings. The number of nitrogens with zero attached hydrogens (tertiary/aromatic N) is 2. The molecule has 0 fully saturated rings. The van der Waals surface area contributed by atoms with Gasteiger partial charge in [-0.3, -0.25) is 4.79 Å². The number of nitrogens with one attached hydrogen (secondary N) is 1. The van der Waals surface area contributed by atoms with Gasteiger partial charge < -0.3 is 4.40 Å². The van der Waals surface area contributed by atoms with E-state index in [1.54, 1.807) is 12.3 Å². The molecule has 3 heterocycles. The highest BCUT2D eigenvalue weighted by molar-refractivity contribution is 7.92. The molecular weight excluding hydrogens is 379 g/mol. The average Bonchev–Trinajstić information content (AvgIpc) is 3.11. The Morgan fingerprint density at radius 1 is 1.28 bits per heavy atom. The lowest BCUT2D eigenvalue weighted by molar-refractivity contribution is -0.137. The second-order valence-electron chi connectivity index (χ2n) is 5.18. The second kappa shape index (κ2) is 5.85. The minimum absolute atomic E-state index is 0.0403. The summed E-state index contributed by atoms with van der Waals surface area (Å²) in [4.78, 5) is 15.9. The zero-order valence-corrected chi connectivity index (χ0v) is 14.2. The van der Waals surface area contributed by atoms with Crippen LogP contribution in [0.3, 0.4) is 0 Å². The lowest BCUT2D eigenvalue weighted by atomic mass is 10.3. The van der Waals surface area contributed by atoms with E-state index in [0.717, 1.165) is 45.8 Å². The molecule has 0 aliphatic carbocycles. The normalized spacial score (nSPS) is 12.5. The smallest absolute Gasteiger partial charge is 0.306 e. The van der Waals surface area contributed by atoms with Crippen LogP contribution in [0, 0.1) is 6.92 Å². The molecule has 0 bridgehead atoms. The summed E-state index contributed by atoms with van der Waals surface area (Å²) >= 11 is 0.950. The van der Waals surface area contributed by atoms with Gasteiger partial charge >= 0.3 is 6.18 Å². The van der Waals surface area contributed by atoms with Crippen molar-refractivity contribution in [2.45, 2.75) is 17.3 Å². The number of fused-ring (bicyclic) bond motifs is 1. The summed E-state index contributed by atoms with van der Waals surface area (Å²) in [7, 11) is -4.07. The van der Waals surface area contributed by atoms with Crippen molar-refractivity contribution < 1.29 is 26.4 Å². The highest BCUT2D eigenvalue weighted by atomic mass is 32.2. The largest absolute Gasteiger partial charge is 0.417 e. The first-order valence-corrected chi connectivity index (χ1v) is 9.11. The van der Waals surface area contributed by atoms with Crippen molar-refractivity contribution in [3.05, 3.63) is 52.8 Å². The van der Waals surface area contributed by atoms with Crippen molar-refractivity contribution in [3.63, 3.8) is 0 Å². The molecule has 0 aliphatic rings. The Morgan fingerprint density at radius 2 is 2.00 bits per heavy atom. The van der Waals surface area contributed by atoms with Crippen LogP contribution < -0.4 is 4.72 Å². The highest BCUT2D eigenvalue weighted by Crippen LogP contribution is 2.29. The van der Waals surface area contributed by atoms with Crippen molar-refractivity contribution in [1.29, 1.82) is 0 Å². The standard InChI is InChI=1S/C14H10F3N3O3S2/c1-8-4-12(24-7-8)25(22,23)19-13(21)10-6-20-5-9(14(15,16)17)2-3-11(20)18-10/h2-7H,1H3,(H,19,21). The number of aromatic nitrogens is 2. The van der Waals surface area contributed by atoms with Gasteiger partial charge in [-0.15, -0.1) is 11.3 Å². The molecule has 11 heteroatoms. The first kappa shape index (κ1) is 17.4. The second-order valence-corrected chi connectivity index (χ2v) is 8.01. The van der Waals surface area contributed by atoms with E-state index in [4.69, 9.17) is 0 Å². The fourth-order valence-corrected chi connectivity index (χ4v) is 4.23. The minimum atomic E-state index is -4.54. The third-order valence-corrected chi connectivity index (χ3v) is 6.10. The maximum Gasteiger partial charge on any atom is 0.417 e. The zero-order valence-electron chi connectivity index (χ0n) is 12.5. The van der Waals surface area contributed by atoms with Gasteiger partial charge in [0.1, 0.15) is 15.6 Å². The summed E-state index contributed by atoms with van der Waals surface area (Å²) in [5.74, 6) is -1.02. The molecular formula is C14H10F3N3O3S2. The molecule has 1 amide bonds. The maximum absolute atomic E-state index is 12.7. The number of imidazole rings is 1. The Bertz CT molecular complexity index is 1070. The van der Waals surface area contributed by atoms with Gasteiger partial charge in [-0.25, -0.2) is 18.1 Å². The lowest BCUT2D eigenvalue weighted by Gasteiger charge is -2.05. The average molecular weight is 389 g/mol. The SMILES string of the molecule is Cc1csc(S(=O)(=O)NC(=O)c2cn3cc(C(F)(F)F)ccc3n2)c1. The van der Waals surface area contributed by atoms with Gasteiger partial charge in [-0.1, -0.05) is 0 Å². The first-order chi connectivity index (χ1) is 11.6. The molecule has 6 nitrogen and oxygen atoms in total. The van der Waals surface area contributed by atoms with Gasteiger partial charge in [0.05, 0.1) is 5.56 Å². The summed E-state index contributed by atoms with van der Waals surface area (Å²) < 4.78 is 65.2. The Labute approximate surface area is 144 Å². The number of pyridine rings is 1. The summed E-state index contributed by atoms with van der Waals surface area (Å²) in [5.41, 5.74) is -0.407. The highest BCUT2D eigenvalue weighted by Gasteiger charge is 2.31. The van der Waals surface area contributed by atoms with E-state index >= 15 is 0 Å². The van der Waals surface area contributed by atoms with E-state index in [-0.39, 0.29) is 15.6 Å². The number of alkyl halides is 3. The van der Waals surface area contributed by atoms with E-state index in [1.807, 2.05) is 4.72 Å². The molecule has 0 aliphatic heterocycles. The summed E-state index contributed by atoms with van der Waals surface area (Å²) in [6, 6.07) is 3.32. The summed E-state index contributed by atoms with van der Waals surface area (Å²) in [6.07, 6.45) is -2.73. The monoisotopic (exact) mass is 389 g/mol. The molecule has 1 N–H and O–H groups in total. The van der Waals surface area contributed by atoms with Crippen LogP contribution in [0.4, 0.5) is 13.2 Å². The molecule has 0 saturated heterocycles. The molecule has 3 rings (SSSR count). The van der Waals surface area contributed by atoms with Crippen LogP contribution in [0.1, 0.15) is 21.6 Å². The fourth-order valence-electron chi connectivity index (χ4n) is 2.04. The molecule has 0 aromatic carbocycles. The van der Waals surface area contributed by atoms with Gasteiger partial charge in [-0.05, 0) is 36.1 Å². The zero-order chi connectivity index (χ0) is 18.4. The number of amides is 1. The van der Waals surface area contributed by atoms with Crippen molar-refractivity contribution >= 4 is 32.9 Å². The van der Waals surface area contributed by atoms with Crippen molar-refractivity contribution in [2.24, 2.45) is 0 Å². The number of aryl methyl sites for hydroxylation is 1. The molecule has 0 unspecified atom stereocenters. The topological polar surface area (TPSA) is 80.5 Å². The Kier molecular flexibility index (Phi) is 4.07. The molecule has 132 valence electrons. The van der Waals surface area contributed by atoms with E-state index in [0.29, 0.717) is 0 Å². The number of rotatable bonds is 3. The van der Waals surface area contributed by atoms with Gasteiger partial charge in [0.15, 0.2) is 0 Å². The van der Waals surface area contributed by atoms with Crippen LogP contribution in [0.2, 0.25) is 0 Å². The summed E-state index contributed by atoms with van der Waals surface area (Å²) in [6.45, 7) is 1.71. The fraction of sp³-hybridized carbons (Fsp3) is 0.143. The maximum atomic E-state index is 12.7. The van der Waals surface area contributed by atoms with Gasteiger partial charge in [0.25, 0.3) is 15.9 Å². The summed E-state index contributed by atoms with van der Waals surface area (Å²) in [5, 5.41) is 1.61. The number of sulfonamides is 1. The number of hydrogen-bond donors (Lipinski definition) is 1. The van der Waals surface area contributed by atoms with Crippen LogP contribution >= 0.6 is 11.3 Å². The van der Waals surface area contributed by atoms with Crippen molar-refractivity contribution in [3.8, 4) is 0 Å². The van der Waals surface area contributed by atoms with Crippen LogP contribution in [-0.4, -0.2) is 23.7 Å². The predicted molar refractivity (Wildman–Crippen MR) is 83.9 cm³/mol. The van der Waals surface area contributed by atoms with Crippen molar-refractivity contribution in [1.82, 2.24) is 14.1 Å². The Balaban J connectivity index is 1.90. The van der Waals surface area contributed by atoms with Crippen LogP contribution in [0.25, 0.3) is 5.65 Å². The molecule has 0 saturated carbocycles. The lowest BCUT2D eigenvalue weighted by Crippen LogP contribution is -2.30. The Morgan fingerprint density at radius 3 is 2.60 bits per heavy atom. The van der Waals surface area contributed by atoms with Gasteiger partial charge in [0.2, 0.25) is 0 Å². The minimum Gasteiger partial charge on any atom is -0.306 e. The van der Waals surface area contributed by atoms with Gasteiger partial charge in [-0.2, -0.15) is 13.2 Å². The molecule has 0 radical (unpaired) electrons. The third kappa shape index (κ3) is 3.51. The predicted octanol–water partition coefficient (Wildman–Crippen LogP) is 2.84. The van der Waals surface area contributed by atoms with Crippen LogP contribution in [0.15, 0.2) is 40.2 Å². The number of halogens is 3. The Hall–Kier alpha value is -2.40. The van der Waals surface area contributed by atoms with E-state index in [9.17, 15) is 26.4 Å². The van der Waals surface area contributed by atoms with E-state index in [1.165, 1.54) is 6.07 Å². The number of hydrogen-bond acceptors (Lipinski definition) is 5. The van der Waals surface area contributed by atoms with Crippen LogP contribution in [-0.2, 0) is 16.2 Å². The third-order valence-electron chi connectivity index (χ3n) is 3.21. The van der Waals surface area contributed by atoms with Gasteiger partial charge in [0, 0.05) is 12.4 Å². The van der Waals surface area contributed by atoms with E-state index < -0.39 is 27.7 Å². The van der Waals surface area contributed by atoms with E-state index in [2.05, 4.69) is 4.98 Å². The van der Waals surface area contributed by atoms with Crippen molar-refractivity contribution in [2.75, 3.05) is 0 Å². The molecule has 3 aromatic heterocycles. The number of thiophene rings is 1. The number of carbonyl (C=O) groups excluding carboxylic acids is 1.